The van der Waals surface area contributed by atoms with Crippen LogP contribution in [-0.2, 0) is 6.54 Å². The molecule has 3 rings (SSSR count). The fourth-order valence-corrected chi connectivity index (χ4v) is 3.29. The van der Waals surface area contributed by atoms with Crippen molar-refractivity contribution >= 4 is 34.5 Å². The number of nitrogens with two attached hydrogens (primary N) is 1. The molecule has 2 aromatic carbocycles. The number of nitrogen functional groups attached to an aromatic ring is 1. The summed E-state index contributed by atoms with van der Waals surface area (Å²) in [5, 5.41) is 3.47. The summed E-state index contributed by atoms with van der Waals surface area (Å²) in [6.45, 7) is 3.74. The summed E-state index contributed by atoms with van der Waals surface area (Å²) >= 11 is 7.23. The van der Waals surface area contributed by atoms with Crippen molar-refractivity contribution in [2.75, 3.05) is 5.73 Å². The number of halogens is 3. The number of benzene rings is 2. The van der Waals surface area contributed by atoms with Gasteiger partial charge in [0.1, 0.15) is 21.5 Å². The summed E-state index contributed by atoms with van der Waals surface area (Å²) < 4.78 is 27.2. The van der Waals surface area contributed by atoms with Crippen molar-refractivity contribution in [3.8, 4) is 10.6 Å². The Kier molecular flexibility index (Phi) is 7.27. The zero-order valence-electron chi connectivity index (χ0n) is 14.7. The van der Waals surface area contributed by atoms with Crippen LogP contribution in [0, 0.1) is 11.6 Å². The molecule has 0 radical (unpaired) electrons. The van der Waals surface area contributed by atoms with E-state index in [-0.39, 0.29) is 12.1 Å². The predicted octanol–water partition coefficient (Wildman–Crippen LogP) is 5.28. The van der Waals surface area contributed by atoms with Crippen molar-refractivity contribution in [3.05, 3.63) is 69.7 Å². The molecule has 1 heterocycles. The predicted molar refractivity (Wildman–Crippen MR) is 106 cm³/mol. The molecule has 142 valence electrons. The van der Waals surface area contributed by atoms with E-state index in [9.17, 15) is 13.6 Å². The van der Waals surface area contributed by atoms with Crippen molar-refractivity contribution < 1.29 is 13.6 Å². The number of nitrogens with one attached hydrogen (secondary N) is 1. The van der Waals surface area contributed by atoms with Gasteiger partial charge < -0.3 is 11.1 Å². The molecule has 1 aromatic heterocycles. The number of aromatic nitrogens is 1. The maximum Gasteiger partial charge on any atom is 0.263 e. The second-order valence-electron chi connectivity index (χ2n) is 5.15. The molecule has 0 saturated carbocycles. The molecule has 27 heavy (non-hydrogen) atoms. The Bertz CT molecular complexity index is 926. The summed E-state index contributed by atoms with van der Waals surface area (Å²) in [6, 6.07) is 8.51. The van der Waals surface area contributed by atoms with Gasteiger partial charge in [-0.2, -0.15) is 0 Å². The Morgan fingerprint density at radius 2 is 1.89 bits per heavy atom. The molecule has 4 nitrogen and oxygen atoms in total. The molecule has 0 fully saturated rings. The Morgan fingerprint density at radius 1 is 1.22 bits per heavy atom. The first kappa shape index (κ1) is 20.8. The van der Waals surface area contributed by atoms with Gasteiger partial charge in [0.15, 0.2) is 0 Å². The number of carbonyl (C=O) groups excluding carboxylic acids is 1. The summed E-state index contributed by atoms with van der Waals surface area (Å²) in [5.41, 5.74) is 6.69. The maximum absolute atomic E-state index is 13.6. The van der Waals surface area contributed by atoms with Crippen LogP contribution in [0.15, 0.2) is 42.6 Å². The van der Waals surface area contributed by atoms with E-state index < -0.39 is 17.5 Å². The van der Waals surface area contributed by atoms with Gasteiger partial charge in [0.05, 0.1) is 11.2 Å². The molecule has 1 amide bonds. The van der Waals surface area contributed by atoms with E-state index in [0.29, 0.717) is 26.2 Å². The lowest BCUT2D eigenvalue weighted by atomic mass is 10.2. The lowest BCUT2D eigenvalue weighted by molar-refractivity contribution is 0.0954. The van der Waals surface area contributed by atoms with Gasteiger partial charge in [0, 0.05) is 23.4 Å². The molecule has 0 aliphatic carbocycles. The van der Waals surface area contributed by atoms with Crippen molar-refractivity contribution in [2.24, 2.45) is 0 Å². The van der Waals surface area contributed by atoms with Crippen molar-refractivity contribution in [1.29, 1.82) is 0 Å². The van der Waals surface area contributed by atoms with Gasteiger partial charge in [0.25, 0.3) is 5.91 Å². The molecule has 8 heteroatoms. The number of amides is 1. The average Bonchev–Trinajstić information content (AvgIpc) is 3.15. The third kappa shape index (κ3) is 5.02. The van der Waals surface area contributed by atoms with E-state index in [1.54, 1.807) is 18.2 Å². The summed E-state index contributed by atoms with van der Waals surface area (Å²) in [5.74, 6) is -1.90. The Morgan fingerprint density at radius 3 is 2.56 bits per heavy atom. The number of hydrogen-bond acceptors (Lipinski definition) is 4. The fourth-order valence-electron chi connectivity index (χ4n) is 2.17. The summed E-state index contributed by atoms with van der Waals surface area (Å²) in [4.78, 5) is 16.7. The molecule has 0 saturated heterocycles. The molecule has 0 unspecified atom stereocenters. The molecule has 3 aromatic rings. The SMILES string of the molecule is CC.Nc1ccc(Cl)c(-c2ncc(C(=O)NCc3c(F)cccc3F)s2)c1. The van der Waals surface area contributed by atoms with E-state index in [4.69, 9.17) is 17.3 Å². The smallest absolute Gasteiger partial charge is 0.263 e. The van der Waals surface area contributed by atoms with Crippen LogP contribution in [0.25, 0.3) is 10.6 Å². The zero-order valence-corrected chi connectivity index (χ0v) is 16.3. The molecule has 0 spiro atoms. The minimum absolute atomic E-state index is 0.195. The lowest BCUT2D eigenvalue weighted by Crippen LogP contribution is -2.23. The molecular weight excluding hydrogens is 392 g/mol. The van der Waals surface area contributed by atoms with Gasteiger partial charge in [0.2, 0.25) is 0 Å². The zero-order chi connectivity index (χ0) is 20.0. The first-order chi connectivity index (χ1) is 13.0. The van der Waals surface area contributed by atoms with E-state index in [1.165, 1.54) is 12.3 Å². The standard InChI is InChI=1S/C17H12ClF2N3OS.C2H6/c18-12-5-4-9(21)6-10(12)17-23-8-15(25-17)16(24)22-7-11-13(19)2-1-3-14(11)20;1-2/h1-6,8H,7,21H2,(H,22,24);1-2H3. The molecule has 0 aliphatic heterocycles. The number of thiazole rings is 1. The Hall–Kier alpha value is -2.51. The monoisotopic (exact) mass is 409 g/mol. The highest BCUT2D eigenvalue weighted by atomic mass is 35.5. The second-order valence-corrected chi connectivity index (χ2v) is 6.59. The first-order valence-corrected chi connectivity index (χ1v) is 9.37. The highest BCUT2D eigenvalue weighted by molar-refractivity contribution is 7.17. The van der Waals surface area contributed by atoms with Crippen LogP contribution in [0.2, 0.25) is 5.02 Å². The maximum atomic E-state index is 13.6. The number of hydrogen-bond donors (Lipinski definition) is 2. The van der Waals surface area contributed by atoms with Gasteiger partial charge >= 0.3 is 0 Å². The van der Waals surface area contributed by atoms with Crippen LogP contribution in [0.3, 0.4) is 0 Å². The van der Waals surface area contributed by atoms with Gasteiger partial charge in [-0.05, 0) is 30.3 Å². The van der Waals surface area contributed by atoms with Gasteiger partial charge in [-0.1, -0.05) is 31.5 Å². The van der Waals surface area contributed by atoms with Gasteiger partial charge in [-0.25, -0.2) is 13.8 Å². The number of carbonyl (C=O) groups is 1. The van der Waals surface area contributed by atoms with Crippen LogP contribution in [-0.4, -0.2) is 10.9 Å². The van der Waals surface area contributed by atoms with Gasteiger partial charge in [-0.15, -0.1) is 11.3 Å². The number of rotatable bonds is 4. The van der Waals surface area contributed by atoms with Gasteiger partial charge in [-0.3, -0.25) is 4.79 Å². The topological polar surface area (TPSA) is 68.0 Å². The third-order valence-electron chi connectivity index (χ3n) is 3.44. The van der Waals surface area contributed by atoms with E-state index in [2.05, 4.69) is 10.3 Å². The average molecular weight is 410 g/mol. The lowest BCUT2D eigenvalue weighted by Gasteiger charge is -2.06. The van der Waals surface area contributed by atoms with Crippen LogP contribution in [0.1, 0.15) is 29.1 Å². The van der Waals surface area contributed by atoms with Crippen LogP contribution in [0.5, 0.6) is 0 Å². The number of anilines is 1. The van der Waals surface area contributed by atoms with Crippen LogP contribution in [0.4, 0.5) is 14.5 Å². The summed E-state index contributed by atoms with van der Waals surface area (Å²) in [7, 11) is 0. The molecular formula is C19H18ClF2N3OS. The minimum Gasteiger partial charge on any atom is -0.399 e. The fraction of sp³-hybridized carbons (Fsp3) is 0.158. The highest BCUT2D eigenvalue weighted by Crippen LogP contribution is 2.32. The molecule has 0 bridgehead atoms. The quantitative estimate of drug-likeness (QED) is 0.576. The largest absolute Gasteiger partial charge is 0.399 e. The van der Waals surface area contributed by atoms with Crippen molar-refractivity contribution in [2.45, 2.75) is 20.4 Å². The molecule has 0 atom stereocenters. The Balaban J connectivity index is 0.00000126. The first-order valence-electron chi connectivity index (χ1n) is 8.18. The molecule has 0 aliphatic rings. The van der Waals surface area contributed by atoms with Crippen LogP contribution < -0.4 is 11.1 Å². The van der Waals surface area contributed by atoms with Crippen LogP contribution >= 0.6 is 22.9 Å². The number of nitrogens with zero attached hydrogens (tertiary/aromatic N) is 1. The Labute approximate surface area is 165 Å². The molecule has 3 N–H and O–H groups in total. The highest BCUT2D eigenvalue weighted by Gasteiger charge is 2.15. The van der Waals surface area contributed by atoms with Crippen molar-refractivity contribution in [3.63, 3.8) is 0 Å². The normalized spacial score (nSPS) is 10.1. The van der Waals surface area contributed by atoms with E-state index in [0.717, 1.165) is 23.5 Å². The van der Waals surface area contributed by atoms with E-state index in [1.807, 2.05) is 13.8 Å². The third-order valence-corrected chi connectivity index (χ3v) is 4.80. The van der Waals surface area contributed by atoms with E-state index >= 15 is 0 Å². The summed E-state index contributed by atoms with van der Waals surface area (Å²) in [6.07, 6.45) is 1.38. The minimum atomic E-state index is -0.711. The van der Waals surface area contributed by atoms with Crippen molar-refractivity contribution in [1.82, 2.24) is 10.3 Å². The second kappa shape index (κ2) is 9.43.